The van der Waals surface area contributed by atoms with Gasteiger partial charge in [-0.05, 0) is 48.4 Å². The minimum absolute atomic E-state index is 0.0252. The van der Waals surface area contributed by atoms with E-state index >= 15 is 0 Å². The van der Waals surface area contributed by atoms with E-state index < -0.39 is 0 Å². The maximum atomic E-state index is 13.1. The van der Waals surface area contributed by atoms with Gasteiger partial charge >= 0.3 is 0 Å². The van der Waals surface area contributed by atoms with Crippen molar-refractivity contribution in [1.82, 2.24) is 0 Å². The van der Waals surface area contributed by atoms with Gasteiger partial charge in [0.1, 0.15) is 18.2 Å². The highest BCUT2D eigenvalue weighted by Crippen LogP contribution is 2.23. The Bertz CT molecular complexity index is 640. The minimum Gasteiger partial charge on any atom is -0.489 e. The molecule has 0 saturated carbocycles. The summed E-state index contributed by atoms with van der Waals surface area (Å²) in [5.74, 6) is 0.419. The highest BCUT2D eigenvalue weighted by molar-refractivity contribution is 5.90. The van der Waals surface area contributed by atoms with Gasteiger partial charge in [0.15, 0.2) is 0 Å². The van der Waals surface area contributed by atoms with Gasteiger partial charge in [-0.1, -0.05) is 19.1 Å². The van der Waals surface area contributed by atoms with Crippen LogP contribution in [0.15, 0.2) is 42.5 Å². The molecule has 0 spiro atoms. The molecule has 0 aliphatic carbocycles. The Morgan fingerprint density at radius 2 is 2.05 bits per heavy atom. The predicted molar refractivity (Wildman–Crippen MR) is 80.8 cm³/mol. The van der Waals surface area contributed by atoms with Crippen LogP contribution in [0, 0.1) is 12.7 Å². The normalized spacial score (nSPS) is 10.2. The van der Waals surface area contributed by atoms with Gasteiger partial charge in [-0.3, -0.25) is 4.79 Å². The van der Waals surface area contributed by atoms with Crippen LogP contribution in [0.5, 0.6) is 5.75 Å². The number of ether oxygens (including phenoxy) is 1. The zero-order valence-corrected chi connectivity index (χ0v) is 12.2. The van der Waals surface area contributed by atoms with Gasteiger partial charge in [0.05, 0.1) is 0 Å². The zero-order chi connectivity index (χ0) is 15.2. The van der Waals surface area contributed by atoms with Crippen LogP contribution in [0.1, 0.15) is 24.5 Å². The second kappa shape index (κ2) is 6.88. The fourth-order valence-corrected chi connectivity index (χ4v) is 1.93. The van der Waals surface area contributed by atoms with Gasteiger partial charge in [-0.25, -0.2) is 4.39 Å². The fourth-order valence-electron chi connectivity index (χ4n) is 1.93. The second-order valence-electron chi connectivity index (χ2n) is 4.80. The van der Waals surface area contributed by atoms with Crippen LogP contribution >= 0.6 is 0 Å². The average Bonchev–Trinajstić information content (AvgIpc) is 2.46. The summed E-state index contributed by atoms with van der Waals surface area (Å²) in [4.78, 5) is 11.3. The van der Waals surface area contributed by atoms with Crippen molar-refractivity contribution >= 4 is 11.6 Å². The van der Waals surface area contributed by atoms with Gasteiger partial charge in [0.2, 0.25) is 5.91 Å². The molecule has 21 heavy (non-hydrogen) atoms. The first-order valence-electron chi connectivity index (χ1n) is 6.86. The third-order valence-electron chi connectivity index (χ3n) is 3.06. The molecule has 0 fully saturated rings. The number of benzene rings is 2. The smallest absolute Gasteiger partial charge is 0.224 e. The van der Waals surface area contributed by atoms with Gasteiger partial charge in [-0.15, -0.1) is 0 Å². The number of hydrogen-bond donors (Lipinski definition) is 1. The van der Waals surface area contributed by atoms with E-state index in [2.05, 4.69) is 5.32 Å². The lowest BCUT2D eigenvalue weighted by Crippen LogP contribution is -2.09. The van der Waals surface area contributed by atoms with Gasteiger partial charge in [0, 0.05) is 12.1 Å². The monoisotopic (exact) mass is 287 g/mol. The number of carbonyl (C=O) groups excluding carboxylic acids is 1. The summed E-state index contributed by atoms with van der Waals surface area (Å²) in [5, 5.41) is 2.80. The lowest BCUT2D eigenvalue weighted by molar-refractivity contribution is -0.115. The molecule has 0 heterocycles. The van der Waals surface area contributed by atoms with E-state index in [0.717, 1.165) is 16.8 Å². The van der Waals surface area contributed by atoms with E-state index in [9.17, 15) is 9.18 Å². The summed E-state index contributed by atoms with van der Waals surface area (Å²) < 4.78 is 18.8. The van der Waals surface area contributed by atoms with Crippen molar-refractivity contribution in [1.29, 1.82) is 0 Å². The van der Waals surface area contributed by atoms with E-state index in [-0.39, 0.29) is 11.7 Å². The van der Waals surface area contributed by atoms with Crippen molar-refractivity contribution in [3.05, 3.63) is 59.4 Å². The van der Waals surface area contributed by atoms with E-state index in [1.165, 1.54) is 12.1 Å². The molecular formula is C17H18FNO2. The van der Waals surface area contributed by atoms with Crippen molar-refractivity contribution in [2.45, 2.75) is 26.9 Å². The first kappa shape index (κ1) is 15.0. The Kier molecular flexibility index (Phi) is 4.93. The van der Waals surface area contributed by atoms with Crippen molar-refractivity contribution in [2.75, 3.05) is 5.32 Å². The zero-order valence-electron chi connectivity index (χ0n) is 12.2. The number of aryl methyl sites for hydroxylation is 1. The third kappa shape index (κ3) is 4.31. The van der Waals surface area contributed by atoms with E-state index in [1.807, 2.05) is 19.1 Å². The Morgan fingerprint density at radius 1 is 1.24 bits per heavy atom. The molecule has 0 saturated heterocycles. The van der Waals surface area contributed by atoms with Crippen molar-refractivity contribution in [2.24, 2.45) is 0 Å². The highest BCUT2D eigenvalue weighted by atomic mass is 19.1. The SMILES string of the molecule is CCC(=O)Nc1ccc(OCc2cccc(F)c2)c(C)c1. The summed E-state index contributed by atoms with van der Waals surface area (Å²) in [5.41, 5.74) is 2.44. The van der Waals surface area contributed by atoms with Gasteiger partial charge < -0.3 is 10.1 Å². The van der Waals surface area contributed by atoms with Crippen LogP contribution in [0.2, 0.25) is 0 Å². The summed E-state index contributed by atoms with van der Waals surface area (Å²) in [6.45, 7) is 4.01. The number of amides is 1. The molecule has 1 amide bonds. The largest absolute Gasteiger partial charge is 0.489 e. The standard InChI is InChI=1S/C17H18FNO2/c1-3-17(20)19-15-7-8-16(12(2)9-15)21-11-13-5-4-6-14(18)10-13/h4-10H,3,11H2,1-2H3,(H,19,20). The predicted octanol–water partition coefficient (Wildman–Crippen LogP) is 4.06. The summed E-state index contributed by atoms with van der Waals surface area (Å²) in [6.07, 6.45) is 0.441. The van der Waals surface area contributed by atoms with Crippen molar-refractivity contribution < 1.29 is 13.9 Å². The third-order valence-corrected chi connectivity index (χ3v) is 3.06. The maximum Gasteiger partial charge on any atom is 0.224 e. The quantitative estimate of drug-likeness (QED) is 0.900. The Labute approximate surface area is 123 Å². The van der Waals surface area contributed by atoms with Crippen LogP contribution in [0.4, 0.5) is 10.1 Å². The van der Waals surface area contributed by atoms with E-state index in [1.54, 1.807) is 25.1 Å². The number of anilines is 1. The molecule has 110 valence electrons. The molecule has 0 atom stereocenters. The first-order chi connectivity index (χ1) is 10.1. The first-order valence-corrected chi connectivity index (χ1v) is 6.86. The average molecular weight is 287 g/mol. The van der Waals surface area contributed by atoms with Gasteiger partial charge in [0.25, 0.3) is 0 Å². The van der Waals surface area contributed by atoms with Gasteiger partial charge in [-0.2, -0.15) is 0 Å². The molecule has 0 aliphatic heterocycles. The fraction of sp³-hybridized carbons (Fsp3) is 0.235. The molecule has 0 radical (unpaired) electrons. The molecular weight excluding hydrogens is 269 g/mol. The molecule has 2 aromatic carbocycles. The molecule has 1 N–H and O–H groups in total. The number of carbonyl (C=O) groups is 1. The number of hydrogen-bond acceptors (Lipinski definition) is 2. The number of rotatable bonds is 5. The van der Waals surface area contributed by atoms with E-state index in [0.29, 0.717) is 18.8 Å². The van der Waals surface area contributed by atoms with Crippen LogP contribution in [0.3, 0.4) is 0 Å². The molecule has 3 nitrogen and oxygen atoms in total. The minimum atomic E-state index is -0.273. The second-order valence-corrected chi connectivity index (χ2v) is 4.80. The van der Waals surface area contributed by atoms with E-state index in [4.69, 9.17) is 4.74 Å². The summed E-state index contributed by atoms with van der Waals surface area (Å²) >= 11 is 0. The molecule has 0 bridgehead atoms. The number of nitrogens with one attached hydrogen (secondary N) is 1. The van der Waals surface area contributed by atoms with Crippen LogP contribution in [-0.2, 0) is 11.4 Å². The Balaban J connectivity index is 2.02. The molecule has 0 unspecified atom stereocenters. The molecule has 0 aliphatic rings. The Morgan fingerprint density at radius 3 is 2.71 bits per heavy atom. The molecule has 0 aromatic heterocycles. The summed E-state index contributed by atoms with van der Waals surface area (Å²) in [6, 6.07) is 11.8. The topological polar surface area (TPSA) is 38.3 Å². The van der Waals surface area contributed by atoms with Crippen molar-refractivity contribution in [3.8, 4) is 5.75 Å². The molecule has 4 heteroatoms. The van der Waals surface area contributed by atoms with Crippen LogP contribution in [-0.4, -0.2) is 5.91 Å². The van der Waals surface area contributed by atoms with Crippen molar-refractivity contribution in [3.63, 3.8) is 0 Å². The Hall–Kier alpha value is -2.36. The maximum absolute atomic E-state index is 13.1. The number of halogens is 1. The molecule has 2 aromatic rings. The lowest BCUT2D eigenvalue weighted by atomic mass is 10.2. The highest BCUT2D eigenvalue weighted by Gasteiger charge is 2.04. The van der Waals surface area contributed by atoms with Crippen LogP contribution in [0.25, 0.3) is 0 Å². The lowest BCUT2D eigenvalue weighted by Gasteiger charge is -2.11. The summed E-state index contributed by atoms with van der Waals surface area (Å²) in [7, 11) is 0. The van der Waals surface area contributed by atoms with Crippen LogP contribution < -0.4 is 10.1 Å². The molecule has 2 rings (SSSR count).